The molecule has 3 rings (SSSR count). The van der Waals surface area contributed by atoms with E-state index in [0.717, 1.165) is 14.4 Å². The Bertz CT molecular complexity index is 736. The van der Waals surface area contributed by atoms with Crippen LogP contribution in [-0.4, -0.2) is 23.1 Å². The monoisotopic (exact) mass is 308 g/mol. The zero-order valence-electron chi connectivity index (χ0n) is 9.55. The van der Waals surface area contributed by atoms with Gasteiger partial charge in [-0.2, -0.15) is 4.37 Å². The molecular formula is C9H5N2NaO3S3. The van der Waals surface area contributed by atoms with Gasteiger partial charge in [0.15, 0.2) is 0 Å². The summed E-state index contributed by atoms with van der Waals surface area (Å²) in [5.41, 5.74) is 0. The van der Waals surface area contributed by atoms with Crippen LogP contribution in [0.15, 0.2) is 10.0 Å². The molecule has 0 aliphatic carbocycles. The fourth-order valence-corrected chi connectivity index (χ4v) is 4.57. The second-order valence-electron chi connectivity index (χ2n) is 3.22. The maximum Gasteiger partial charge on any atom is 1.00 e. The van der Waals surface area contributed by atoms with Gasteiger partial charge in [0.05, 0.1) is 27.0 Å². The Morgan fingerprint density at radius 3 is 3.00 bits per heavy atom. The van der Waals surface area contributed by atoms with Crippen molar-refractivity contribution in [3.8, 4) is 0 Å². The van der Waals surface area contributed by atoms with Crippen LogP contribution in [0, 0.1) is 0 Å². The molecule has 2 aromatic rings. The Balaban J connectivity index is 0.00000120. The maximum absolute atomic E-state index is 11.6. The molecule has 0 atom stereocenters. The number of ether oxygens (including phenoxy) is 1. The first-order valence-electron chi connectivity index (χ1n) is 4.58. The predicted molar refractivity (Wildman–Crippen MR) is 64.4 cm³/mol. The van der Waals surface area contributed by atoms with Crippen molar-refractivity contribution in [3.63, 3.8) is 0 Å². The number of aromatic nitrogens is 1. The van der Waals surface area contributed by atoms with E-state index in [4.69, 9.17) is 4.74 Å². The van der Waals surface area contributed by atoms with Crippen LogP contribution >= 0.6 is 34.6 Å². The molecule has 3 heterocycles. The molecule has 0 saturated heterocycles. The minimum Gasteiger partial charge on any atom is -0.616 e. The summed E-state index contributed by atoms with van der Waals surface area (Å²) in [5.74, 6) is -0.440. The van der Waals surface area contributed by atoms with Gasteiger partial charge in [-0.3, -0.25) is 4.79 Å². The summed E-state index contributed by atoms with van der Waals surface area (Å²) < 4.78 is 10.2. The molecule has 88 valence electrons. The van der Waals surface area contributed by atoms with Crippen molar-refractivity contribution in [2.45, 2.75) is 5.03 Å². The van der Waals surface area contributed by atoms with Gasteiger partial charge >= 0.3 is 29.6 Å². The summed E-state index contributed by atoms with van der Waals surface area (Å²) in [5, 5.41) is 13.6. The number of carbonyl (C=O) groups is 1. The minimum atomic E-state index is -0.456. The molecule has 9 heteroatoms. The van der Waals surface area contributed by atoms with E-state index in [-0.39, 0.29) is 41.2 Å². The second kappa shape index (κ2) is 5.48. The summed E-state index contributed by atoms with van der Waals surface area (Å²) in [6.45, 7) is 0. The summed E-state index contributed by atoms with van der Waals surface area (Å²) >= 11 is 3.96. The molecule has 1 amide bonds. The van der Waals surface area contributed by atoms with Crippen LogP contribution in [0.4, 0.5) is 0 Å². The largest absolute Gasteiger partial charge is 1.00 e. The maximum atomic E-state index is 11.6. The van der Waals surface area contributed by atoms with Gasteiger partial charge in [-0.05, 0) is 18.6 Å². The van der Waals surface area contributed by atoms with Crippen LogP contribution in [0.2, 0.25) is 0 Å². The number of hydrogen-bond donors (Lipinski definition) is 0. The van der Waals surface area contributed by atoms with E-state index in [9.17, 15) is 9.90 Å². The third-order valence-electron chi connectivity index (χ3n) is 2.22. The van der Waals surface area contributed by atoms with Crippen LogP contribution in [0.1, 0.15) is 0 Å². The van der Waals surface area contributed by atoms with Crippen molar-refractivity contribution in [2.75, 3.05) is 12.9 Å². The van der Waals surface area contributed by atoms with E-state index >= 15 is 0 Å². The summed E-state index contributed by atoms with van der Waals surface area (Å²) in [6, 6.07) is 0. The van der Waals surface area contributed by atoms with Crippen molar-refractivity contribution in [2.24, 2.45) is 4.99 Å². The molecule has 0 unspecified atom stereocenters. The van der Waals surface area contributed by atoms with Crippen molar-refractivity contribution in [1.29, 1.82) is 0 Å². The molecule has 5 nitrogen and oxygen atoms in total. The number of hydrogen-bond acceptors (Lipinski definition) is 7. The first-order chi connectivity index (χ1) is 8.20. The third-order valence-corrected chi connectivity index (χ3v) is 5.36. The van der Waals surface area contributed by atoms with E-state index < -0.39 is 5.95 Å². The van der Waals surface area contributed by atoms with Gasteiger partial charge in [0.25, 0.3) is 5.91 Å². The summed E-state index contributed by atoms with van der Waals surface area (Å²) in [7, 11) is 1.31. The fraction of sp³-hybridized carbons (Fsp3) is 0.222. The van der Waals surface area contributed by atoms with E-state index in [1.807, 2.05) is 0 Å². The van der Waals surface area contributed by atoms with Gasteiger partial charge < -0.3 is 9.84 Å². The predicted octanol–water partition coefficient (Wildman–Crippen LogP) is -3.31. The Morgan fingerprint density at radius 1 is 1.50 bits per heavy atom. The SMILES string of the molecule is CO/C([O-])=c1\sc2snc3c2c1=NC(=O)CS3.[Na+]. The first kappa shape index (κ1) is 14.3. The smallest absolute Gasteiger partial charge is 0.616 e. The third kappa shape index (κ3) is 2.21. The van der Waals surface area contributed by atoms with Gasteiger partial charge in [0.1, 0.15) is 9.04 Å². The van der Waals surface area contributed by atoms with Crippen molar-refractivity contribution >= 4 is 55.9 Å². The fourth-order valence-electron chi connectivity index (χ4n) is 1.51. The standard InChI is InChI=1S/C9H6N2O3S3.Na/c1-14-8(13)6-5-4-7(11-17-9(4)16-6)15-2-3(12)10-5;/h13H,2H2,1H3;/q;+1/p-1/b8-6-;. The number of methoxy groups -OCH3 is 1. The van der Waals surface area contributed by atoms with E-state index in [0.29, 0.717) is 9.89 Å². The topological polar surface area (TPSA) is 74.6 Å². The van der Waals surface area contributed by atoms with Crippen LogP contribution in [-0.2, 0) is 9.53 Å². The number of amides is 1. The average molecular weight is 308 g/mol. The van der Waals surface area contributed by atoms with Gasteiger partial charge in [-0.1, -0.05) is 11.8 Å². The van der Waals surface area contributed by atoms with Crippen molar-refractivity contribution in [3.05, 3.63) is 9.89 Å². The number of thiophene rings is 1. The molecule has 0 fully saturated rings. The Labute approximate surface area is 136 Å². The molecule has 0 radical (unpaired) electrons. The summed E-state index contributed by atoms with van der Waals surface area (Å²) in [4.78, 5) is 15.5. The second-order valence-corrected chi connectivity index (χ2v) is 6.23. The Morgan fingerprint density at radius 2 is 2.28 bits per heavy atom. The molecule has 0 spiro atoms. The van der Waals surface area contributed by atoms with E-state index in [2.05, 4.69) is 9.37 Å². The van der Waals surface area contributed by atoms with Gasteiger partial charge in [-0.25, -0.2) is 4.99 Å². The molecule has 2 aromatic heterocycles. The number of carbonyl (C=O) groups excluding carboxylic acids is 1. The van der Waals surface area contributed by atoms with Gasteiger partial charge in [0.2, 0.25) is 0 Å². The zero-order valence-corrected chi connectivity index (χ0v) is 14.0. The normalized spacial score (nSPS) is 15.7. The average Bonchev–Trinajstić information content (AvgIpc) is 2.81. The van der Waals surface area contributed by atoms with Gasteiger partial charge in [0, 0.05) is 0 Å². The van der Waals surface area contributed by atoms with Gasteiger partial charge in [-0.15, -0.1) is 11.3 Å². The van der Waals surface area contributed by atoms with Crippen molar-refractivity contribution < 1.29 is 44.2 Å². The number of thioether (sulfide) groups is 1. The molecule has 0 bridgehead atoms. The van der Waals surface area contributed by atoms with Crippen LogP contribution in [0.25, 0.3) is 15.3 Å². The molecule has 18 heavy (non-hydrogen) atoms. The molecule has 1 aliphatic rings. The van der Waals surface area contributed by atoms with Crippen LogP contribution < -0.4 is 44.6 Å². The minimum absolute atomic E-state index is 0. The molecule has 0 aromatic carbocycles. The van der Waals surface area contributed by atoms with Crippen LogP contribution in [0.5, 0.6) is 0 Å². The zero-order chi connectivity index (χ0) is 12.0. The molecular weight excluding hydrogens is 303 g/mol. The number of rotatable bonds is 1. The molecule has 0 saturated carbocycles. The summed E-state index contributed by atoms with van der Waals surface area (Å²) in [6.07, 6.45) is 0. The van der Waals surface area contributed by atoms with Crippen molar-refractivity contribution in [1.82, 2.24) is 4.37 Å². The molecule has 1 aliphatic heterocycles. The van der Waals surface area contributed by atoms with E-state index in [1.54, 1.807) is 0 Å². The van der Waals surface area contributed by atoms with E-state index in [1.165, 1.54) is 41.7 Å². The quantitative estimate of drug-likeness (QED) is 0.516. The first-order valence-corrected chi connectivity index (χ1v) is 7.16. The molecule has 0 N–H and O–H groups in total. The Kier molecular flexibility index (Phi) is 4.35. The van der Waals surface area contributed by atoms with Crippen LogP contribution in [0.3, 0.4) is 0 Å². The number of nitrogens with zero attached hydrogens (tertiary/aromatic N) is 2. The Hall–Kier alpha value is -0.120.